The molecule has 4 heteroatoms. The number of piperidine rings is 1. The number of nitrogens with one attached hydrogen (secondary N) is 1. The number of carbonyl (C=O) groups is 1. The van der Waals surface area contributed by atoms with E-state index in [4.69, 9.17) is 5.11 Å². The molecule has 0 bridgehead atoms. The van der Waals surface area contributed by atoms with Gasteiger partial charge in [-0.2, -0.15) is 0 Å². The molecule has 0 saturated carbocycles. The lowest BCUT2D eigenvalue weighted by Crippen LogP contribution is -2.46. The predicted octanol–water partition coefficient (Wildman–Crippen LogP) is 0.533. The third kappa shape index (κ3) is 3.64. The summed E-state index contributed by atoms with van der Waals surface area (Å²) < 4.78 is 0. The van der Waals surface area contributed by atoms with E-state index in [1.807, 2.05) is 0 Å². The van der Waals surface area contributed by atoms with Gasteiger partial charge in [0.15, 0.2) is 0 Å². The van der Waals surface area contributed by atoms with Gasteiger partial charge in [0.05, 0.1) is 6.54 Å². The van der Waals surface area contributed by atoms with Crippen LogP contribution in [0, 0.1) is 0 Å². The zero-order chi connectivity index (χ0) is 10.6. The smallest absolute Gasteiger partial charge is 0.317 e. The first-order chi connectivity index (χ1) is 6.59. The molecule has 0 amide bonds. The Kier molecular flexibility index (Phi) is 4.35. The van der Waals surface area contributed by atoms with Crippen LogP contribution in [-0.2, 0) is 4.79 Å². The molecule has 0 spiro atoms. The van der Waals surface area contributed by atoms with Crippen molar-refractivity contribution in [3.05, 3.63) is 0 Å². The van der Waals surface area contributed by atoms with Gasteiger partial charge in [-0.1, -0.05) is 0 Å². The van der Waals surface area contributed by atoms with Crippen LogP contribution in [0.25, 0.3) is 0 Å². The fourth-order valence-corrected chi connectivity index (χ4v) is 1.85. The van der Waals surface area contributed by atoms with Crippen molar-refractivity contribution in [2.75, 3.05) is 19.6 Å². The first-order valence-electron chi connectivity index (χ1n) is 5.29. The van der Waals surface area contributed by atoms with Gasteiger partial charge >= 0.3 is 5.97 Å². The van der Waals surface area contributed by atoms with Crippen LogP contribution in [0.5, 0.6) is 0 Å². The van der Waals surface area contributed by atoms with Crippen molar-refractivity contribution in [3.63, 3.8) is 0 Å². The zero-order valence-corrected chi connectivity index (χ0v) is 8.99. The zero-order valence-electron chi connectivity index (χ0n) is 8.99. The SMILES string of the molecule is CC(C)N1CCC(NCC(=O)O)CC1. The van der Waals surface area contributed by atoms with E-state index in [-0.39, 0.29) is 6.54 Å². The Bertz CT molecular complexity index is 187. The van der Waals surface area contributed by atoms with E-state index < -0.39 is 5.97 Å². The number of rotatable bonds is 4. The van der Waals surface area contributed by atoms with Gasteiger partial charge in [0.1, 0.15) is 0 Å². The summed E-state index contributed by atoms with van der Waals surface area (Å²) in [4.78, 5) is 12.8. The maximum atomic E-state index is 10.3. The monoisotopic (exact) mass is 200 g/mol. The lowest BCUT2D eigenvalue weighted by molar-refractivity contribution is -0.136. The van der Waals surface area contributed by atoms with E-state index in [1.54, 1.807) is 0 Å². The Morgan fingerprint density at radius 2 is 2.07 bits per heavy atom. The number of hydrogen-bond donors (Lipinski definition) is 2. The molecule has 1 aliphatic heterocycles. The molecule has 0 unspecified atom stereocenters. The van der Waals surface area contributed by atoms with Gasteiger partial charge in [0.2, 0.25) is 0 Å². The molecular weight excluding hydrogens is 180 g/mol. The summed E-state index contributed by atoms with van der Waals surface area (Å²) in [5.41, 5.74) is 0. The van der Waals surface area contributed by atoms with Gasteiger partial charge in [0, 0.05) is 12.1 Å². The molecule has 82 valence electrons. The first kappa shape index (κ1) is 11.5. The molecule has 1 heterocycles. The summed E-state index contributed by atoms with van der Waals surface area (Å²) in [6.45, 7) is 6.65. The molecule has 1 aliphatic rings. The minimum atomic E-state index is -0.767. The van der Waals surface area contributed by atoms with Crippen molar-refractivity contribution in [2.45, 2.75) is 38.8 Å². The van der Waals surface area contributed by atoms with Crippen LogP contribution in [0.4, 0.5) is 0 Å². The van der Waals surface area contributed by atoms with Crippen molar-refractivity contribution >= 4 is 5.97 Å². The van der Waals surface area contributed by atoms with Gasteiger partial charge < -0.3 is 15.3 Å². The quantitative estimate of drug-likeness (QED) is 0.695. The minimum Gasteiger partial charge on any atom is -0.480 e. The van der Waals surface area contributed by atoms with E-state index in [1.165, 1.54) is 0 Å². The number of carboxylic acids is 1. The largest absolute Gasteiger partial charge is 0.480 e. The molecule has 0 aromatic carbocycles. The van der Waals surface area contributed by atoms with E-state index in [9.17, 15) is 4.79 Å². The number of hydrogen-bond acceptors (Lipinski definition) is 3. The van der Waals surface area contributed by atoms with Gasteiger partial charge in [-0.05, 0) is 39.8 Å². The number of carboxylic acid groups (broad SMARTS) is 1. The van der Waals surface area contributed by atoms with Gasteiger partial charge in [-0.25, -0.2) is 0 Å². The lowest BCUT2D eigenvalue weighted by Gasteiger charge is -2.34. The molecule has 0 aromatic heterocycles. The second-order valence-corrected chi connectivity index (χ2v) is 4.18. The van der Waals surface area contributed by atoms with Crippen molar-refractivity contribution in [1.82, 2.24) is 10.2 Å². The van der Waals surface area contributed by atoms with E-state index in [0.717, 1.165) is 25.9 Å². The molecule has 4 nitrogen and oxygen atoms in total. The molecule has 1 fully saturated rings. The highest BCUT2D eigenvalue weighted by atomic mass is 16.4. The molecule has 1 rings (SSSR count). The summed E-state index contributed by atoms with van der Waals surface area (Å²) in [6, 6.07) is 0.997. The van der Waals surface area contributed by atoms with E-state index in [0.29, 0.717) is 12.1 Å². The third-order valence-corrected chi connectivity index (χ3v) is 2.80. The molecule has 0 aliphatic carbocycles. The predicted molar refractivity (Wildman–Crippen MR) is 55.4 cm³/mol. The van der Waals surface area contributed by atoms with Crippen molar-refractivity contribution in [2.24, 2.45) is 0 Å². The van der Waals surface area contributed by atoms with Crippen molar-refractivity contribution in [3.8, 4) is 0 Å². The standard InChI is InChI=1S/C10H20N2O2/c1-8(2)12-5-3-9(4-6-12)11-7-10(13)14/h8-9,11H,3-7H2,1-2H3,(H,13,14). The normalized spacial score (nSPS) is 20.2. The Hall–Kier alpha value is -0.610. The van der Waals surface area contributed by atoms with E-state index in [2.05, 4.69) is 24.1 Å². The van der Waals surface area contributed by atoms with Gasteiger partial charge in [-0.3, -0.25) is 4.79 Å². The highest BCUT2D eigenvalue weighted by molar-refractivity contribution is 5.69. The molecule has 0 aromatic rings. The summed E-state index contributed by atoms with van der Waals surface area (Å²) >= 11 is 0. The van der Waals surface area contributed by atoms with Gasteiger partial charge in [-0.15, -0.1) is 0 Å². The van der Waals surface area contributed by atoms with Gasteiger partial charge in [0.25, 0.3) is 0 Å². The Balaban J connectivity index is 2.19. The molecule has 14 heavy (non-hydrogen) atoms. The summed E-state index contributed by atoms with van der Waals surface area (Å²) in [5.74, 6) is -0.767. The molecule has 2 N–H and O–H groups in total. The van der Waals surface area contributed by atoms with Crippen LogP contribution in [0.3, 0.4) is 0 Å². The van der Waals surface area contributed by atoms with Crippen LogP contribution >= 0.6 is 0 Å². The maximum Gasteiger partial charge on any atom is 0.317 e. The minimum absolute atomic E-state index is 0.0896. The first-order valence-corrected chi connectivity index (χ1v) is 5.29. The van der Waals surface area contributed by atoms with Crippen LogP contribution in [0.2, 0.25) is 0 Å². The maximum absolute atomic E-state index is 10.3. The third-order valence-electron chi connectivity index (χ3n) is 2.80. The topological polar surface area (TPSA) is 52.6 Å². The average Bonchev–Trinajstić information content (AvgIpc) is 2.15. The molecule has 0 radical (unpaired) electrons. The van der Waals surface area contributed by atoms with Crippen molar-refractivity contribution in [1.29, 1.82) is 0 Å². The number of likely N-dealkylation sites (tertiary alicyclic amines) is 1. The molecular formula is C10H20N2O2. The summed E-state index contributed by atoms with van der Waals surface area (Å²) in [5, 5.41) is 11.6. The Morgan fingerprint density at radius 1 is 1.50 bits per heavy atom. The Morgan fingerprint density at radius 3 is 2.50 bits per heavy atom. The second kappa shape index (κ2) is 5.32. The second-order valence-electron chi connectivity index (χ2n) is 4.18. The average molecular weight is 200 g/mol. The fraction of sp³-hybridized carbons (Fsp3) is 0.900. The molecule has 0 atom stereocenters. The van der Waals surface area contributed by atoms with E-state index >= 15 is 0 Å². The molecule has 1 saturated heterocycles. The highest BCUT2D eigenvalue weighted by Crippen LogP contribution is 2.12. The summed E-state index contributed by atoms with van der Waals surface area (Å²) in [7, 11) is 0. The summed E-state index contributed by atoms with van der Waals surface area (Å²) in [6.07, 6.45) is 2.12. The lowest BCUT2D eigenvalue weighted by atomic mass is 10.0. The fourth-order valence-electron chi connectivity index (χ4n) is 1.85. The highest BCUT2D eigenvalue weighted by Gasteiger charge is 2.20. The van der Waals surface area contributed by atoms with Crippen LogP contribution in [-0.4, -0.2) is 47.7 Å². The number of aliphatic carboxylic acids is 1. The van der Waals surface area contributed by atoms with Crippen LogP contribution in [0.1, 0.15) is 26.7 Å². The number of nitrogens with zero attached hydrogens (tertiary/aromatic N) is 1. The van der Waals surface area contributed by atoms with Crippen LogP contribution in [0.15, 0.2) is 0 Å². The van der Waals surface area contributed by atoms with Crippen molar-refractivity contribution < 1.29 is 9.90 Å². The van der Waals surface area contributed by atoms with Crippen LogP contribution < -0.4 is 5.32 Å². The Labute approximate surface area is 85.3 Å².